The molecule has 0 aromatic rings. The number of esters is 2. The Bertz CT molecular complexity index is 441. The minimum Gasteiger partial charge on any atom is -0.465 e. The van der Waals surface area contributed by atoms with Gasteiger partial charge in [0.05, 0.1) is 19.8 Å². The van der Waals surface area contributed by atoms with Gasteiger partial charge in [-0.2, -0.15) is 0 Å². The Morgan fingerprint density at radius 2 is 1.45 bits per heavy atom. The lowest BCUT2D eigenvalue weighted by molar-refractivity contribution is -0.149. The number of nitrogens with zero attached hydrogens (tertiary/aromatic N) is 1. The molecule has 0 heterocycles. The molecule has 0 aliphatic heterocycles. The molecule has 0 aromatic heterocycles. The van der Waals surface area contributed by atoms with E-state index in [1.54, 1.807) is 0 Å². The highest BCUT2D eigenvalue weighted by Gasteiger charge is 2.24. The predicted octanol–water partition coefficient (Wildman–Crippen LogP) is 4.87. The summed E-state index contributed by atoms with van der Waals surface area (Å²) in [6, 6.07) is 0.635. The summed E-state index contributed by atoms with van der Waals surface area (Å²) < 4.78 is 11.0. The second-order valence-electron chi connectivity index (χ2n) is 8.99. The zero-order chi connectivity index (χ0) is 22.7. The summed E-state index contributed by atoms with van der Waals surface area (Å²) in [5, 5.41) is 9.31. The summed E-state index contributed by atoms with van der Waals surface area (Å²) in [7, 11) is 0. The minimum atomic E-state index is -0.146. The third-order valence-electron chi connectivity index (χ3n) is 6.21. The van der Waals surface area contributed by atoms with E-state index in [4.69, 9.17) is 9.47 Å². The van der Waals surface area contributed by atoms with E-state index in [9.17, 15) is 14.7 Å². The number of rotatable bonds is 20. The normalized spacial score (nSPS) is 14.1. The van der Waals surface area contributed by atoms with Gasteiger partial charge in [0.25, 0.3) is 0 Å². The van der Waals surface area contributed by atoms with Crippen LogP contribution in [-0.2, 0) is 19.1 Å². The Morgan fingerprint density at radius 3 is 1.90 bits per heavy atom. The van der Waals surface area contributed by atoms with E-state index in [1.165, 1.54) is 19.3 Å². The molecule has 31 heavy (non-hydrogen) atoms. The van der Waals surface area contributed by atoms with Crippen LogP contribution in [0.1, 0.15) is 104 Å². The van der Waals surface area contributed by atoms with E-state index >= 15 is 0 Å². The van der Waals surface area contributed by atoms with Gasteiger partial charge in [-0.3, -0.25) is 14.5 Å². The van der Waals surface area contributed by atoms with Crippen LogP contribution in [0.15, 0.2) is 0 Å². The van der Waals surface area contributed by atoms with Crippen LogP contribution < -0.4 is 0 Å². The fourth-order valence-electron chi connectivity index (χ4n) is 3.92. The molecule has 1 N–H and O–H groups in total. The Kier molecular flexibility index (Phi) is 16.6. The van der Waals surface area contributed by atoms with Crippen molar-refractivity contribution in [1.29, 1.82) is 0 Å². The fourth-order valence-corrected chi connectivity index (χ4v) is 3.92. The largest absolute Gasteiger partial charge is 0.465 e. The quantitative estimate of drug-likeness (QED) is 0.215. The number of hydrogen-bond acceptors (Lipinski definition) is 6. The summed E-state index contributed by atoms with van der Waals surface area (Å²) in [5.41, 5.74) is 0. The van der Waals surface area contributed by atoms with E-state index in [0.717, 1.165) is 70.9 Å². The van der Waals surface area contributed by atoms with Gasteiger partial charge in [0.15, 0.2) is 0 Å². The van der Waals surface area contributed by atoms with E-state index in [0.29, 0.717) is 32.1 Å². The van der Waals surface area contributed by atoms with Crippen LogP contribution in [0.3, 0.4) is 0 Å². The second kappa shape index (κ2) is 18.4. The Labute approximate surface area is 190 Å². The molecule has 1 fully saturated rings. The average Bonchev–Trinajstić information content (AvgIpc) is 2.71. The van der Waals surface area contributed by atoms with E-state index in [-0.39, 0.29) is 24.5 Å². The molecule has 1 aliphatic carbocycles. The van der Waals surface area contributed by atoms with Crippen molar-refractivity contribution in [3.05, 3.63) is 0 Å². The van der Waals surface area contributed by atoms with E-state index < -0.39 is 0 Å². The summed E-state index contributed by atoms with van der Waals surface area (Å²) in [6.45, 7) is 6.84. The van der Waals surface area contributed by atoms with Crippen LogP contribution in [0.4, 0.5) is 0 Å². The second-order valence-corrected chi connectivity index (χ2v) is 8.99. The maximum Gasteiger partial charge on any atom is 0.305 e. The van der Waals surface area contributed by atoms with Gasteiger partial charge in [0.1, 0.15) is 0 Å². The van der Waals surface area contributed by atoms with Gasteiger partial charge in [0.2, 0.25) is 0 Å². The molecular formula is C25H47NO5. The maximum absolute atomic E-state index is 12.0. The molecule has 6 nitrogen and oxygen atoms in total. The smallest absolute Gasteiger partial charge is 0.305 e. The molecule has 6 heteroatoms. The van der Waals surface area contributed by atoms with Crippen molar-refractivity contribution in [3.8, 4) is 0 Å². The van der Waals surface area contributed by atoms with Crippen LogP contribution in [-0.4, -0.2) is 60.9 Å². The molecule has 0 spiro atoms. The number of ether oxygens (including phenoxy) is 2. The van der Waals surface area contributed by atoms with Crippen LogP contribution >= 0.6 is 0 Å². The van der Waals surface area contributed by atoms with Gasteiger partial charge in [-0.25, -0.2) is 0 Å². The van der Waals surface area contributed by atoms with E-state index in [2.05, 4.69) is 18.7 Å². The van der Waals surface area contributed by atoms with Gasteiger partial charge < -0.3 is 14.6 Å². The highest BCUT2D eigenvalue weighted by atomic mass is 16.5. The first kappa shape index (κ1) is 27.9. The lowest BCUT2D eigenvalue weighted by atomic mass is 9.91. The minimum absolute atomic E-state index is 0.0558. The molecule has 0 aromatic carbocycles. The highest BCUT2D eigenvalue weighted by Crippen LogP contribution is 2.25. The first-order valence-electron chi connectivity index (χ1n) is 12.8. The molecular weight excluding hydrogens is 394 g/mol. The number of aliphatic hydroxyl groups is 1. The summed E-state index contributed by atoms with van der Waals surface area (Å²) in [5.74, 6) is -0.237. The number of carbonyl (C=O) groups excluding carboxylic acids is 2. The number of hydrogen-bond donors (Lipinski definition) is 1. The van der Waals surface area contributed by atoms with Crippen molar-refractivity contribution >= 4 is 11.9 Å². The monoisotopic (exact) mass is 441 g/mol. The third kappa shape index (κ3) is 13.8. The average molecular weight is 442 g/mol. The molecule has 1 aliphatic rings. The standard InChI is InChI=1S/C25H47NO5/c1-3-5-7-15-24(28)30-20-22(21-31-25(29)16-8-6-4-2)12-9-10-17-26(18-19-27)23-13-11-14-23/h22-23,27H,3-21H2,1-2H3. The zero-order valence-electron chi connectivity index (χ0n) is 20.1. The topological polar surface area (TPSA) is 76.1 Å². The molecule has 0 bridgehead atoms. The van der Waals surface area contributed by atoms with Crippen LogP contribution in [0, 0.1) is 5.92 Å². The summed E-state index contributed by atoms with van der Waals surface area (Å²) in [6.07, 6.45) is 13.6. The Hall–Kier alpha value is -1.14. The van der Waals surface area contributed by atoms with Crippen molar-refractivity contribution in [2.45, 2.75) is 110 Å². The van der Waals surface area contributed by atoms with Crippen molar-refractivity contribution in [2.24, 2.45) is 5.92 Å². The molecule has 0 radical (unpaired) electrons. The number of carbonyl (C=O) groups is 2. The maximum atomic E-state index is 12.0. The molecule has 0 unspecified atom stereocenters. The van der Waals surface area contributed by atoms with Gasteiger partial charge in [-0.15, -0.1) is 0 Å². The van der Waals surface area contributed by atoms with Crippen molar-refractivity contribution in [1.82, 2.24) is 4.90 Å². The van der Waals surface area contributed by atoms with Crippen molar-refractivity contribution in [2.75, 3.05) is 32.9 Å². The van der Waals surface area contributed by atoms with Crippen LogP contribution in [0.25, 0.3) is 0 Å². The van der Waals surface area contributed by atoms with Gasteiger partial charge in [-0.05, 0) is 45.1 Å². The van der Waals surface area contributed by atoms with E-state index in [1.807, 2.05) is 0 Å². The highest BCUT2D eigenvalue weighted by molar-refractivity contribution is 5.69. The predicted molar refractivity (Wildman–Crippen MR) is 124 cm³/mol. The summed E-state index contributed by atoms with van der Waals surface area (Å²) >= 11 is 0. The third-order valence-corrected chi connectivity index (χ3v) is 6.21. The summed E-state index contributed by atoms with van der Waals surface area (Å²) in [4.78, 5) is 26.4. The van der Waals surface area contributed by atoms with Crippen LogP contribution in [0.5, 0.6) is 0 Å². The molecule has 1 saturated carbocycles. The molecule has 1 rings (SSSR count). The van der Waals surface area contributed by atoms with Crippen LogP contribution in [0.2, 0.25) is 0 Å². The van der Waals surface area contributed by atoms with Gasteiger partial charge in [0, 0.05) is 31.3 Å². The SMILES string of the molecule is CCCCCC(=O)OCC(CCCCN(CCO)C1CCC1)COC(=O)CCCCC. The lowest BCUT2D eigenvalue weighted by Gasteiger charge is -2.37. The van der Waals surface area contributed by atoms with Gasteiger partial charge >= 0.3 is 11.9 Å². The fraction of sp³-hybridized carbons (Fsp3) is 0.920. The number of aliphatic hydroxyl groups excluding tert-OH is 1. The molecule has 0 atom stereocenters. The molecule has 0 saturated heterocycles. The number of unbranched alkanes of at least 4 members (excludes halogenated alkanes) is 5. The van der Waals surface area contributed by atoms with Gasteiger partial charge in [-0.1, -0.05) is 52.4 Å². The first-order valence-corrected chi connectivity index (χ1v) is 12.8. The Balaban J connectivity index is 2.37. The molecule has 0 amide bonds. The van der Waals surface area contributed by atoms with Crippen molar-refractivity contribution < 1.29 is 24.2 Å². The Morgan fingerprint density at radius 1 is 0.871 bits per heavy atom. The zero-order valence-corrected chi connectivity index (χ0v) is 20.1. The molecule has 182 valence electrons. The van der Waals surface area contributed by atoms with Crippen molar-refractivity contribution in [3.63, 3.8) is 0 Å². The lowest BCUT2D eigenvalue weighted by Crippen LogP contribution is -2.42. The first-order chi connectivity index (χ1) is 15.1.